The highest BCUT2D eigenvalue weighted by Crippen LogP contribution is 2.21. The number of benzene rings is 1. The Hall–Kier alpha value is -1.51. The Bertz CT molecular complexity index is 576. The lowest BCUT2D eigenvalue weighted by molar-refractivity contribution is -0.139. The average molecular weight is 291 g/mol. The van der Waals surface area contributed by atoms with E-state index >= 15 is 0 Å². The lowest BCUT2D eigenvalue weighted by atomic mass is 10.1. The van der Waals surface area contributed by atoms with E-state index in [0.29, 0.717) is 0 Å². The number of sulfonamides is 1. The molecule has 0 radical (unpaired) electrons. The van der Waals surface area contributed by atoms with Crippen LogP contribution < -0.4 is 4.72 Å². The van der Waals surface area contributed by atoms with Crippen LogP contribution in [0.25, 0.3) is 0 Å². The fraction of sp³-hybridized carbons (Fsp3) is 0.364. The van der Waals surface area contributed by atoms with Crippen LogP contribution in [0, 0.1) is 19.7 Å². The predicted molar refractivity (Wildman–Crippen MR) is 64.7 cm³/mol. The molecule has 1 aromatic carbocycles. The summed E-state index contributed by atoms with van der Waals surface area (Å²) in [6.07, 6.45) is 0. The van der Waals surface area contributed by atoms with Gasteiger partial charge in [-0.25, -0.2) is 12.8 Å². The number of halogens is 1. The zero-order chi connectivity index (χ0) is 14.8. The first-order valence-electron chi connectivity index (χ1n) is 5.31. The van der Waals surface area contributed by atoms with Gasteiger partial charge in [-0.2, -0.15) is 4.72 Å². The summed E-state index contributed by atoms with van der Waals surface area (Å²) < 4.78 is 39.1. The smallest absolute Gasteiger partial charge is 0.324 e. The Labute approximate surface area is 109 Å². The second-order valence-corrected chi connectivity index (χ2v) is 5.71. The van der Waals surface area contributed by atoms with Crippen molar-refractivity contribution >= 4 is 16.0 Å². The summed E-state index contributed by atoms with van der Waals surface area (Å²) in [6, 6.07) is 0.431. The second kappa shape index (κ2) is 5.64. The van der Waals surface area contributed by atoms with Crippen molar-refractivity contribution < 1.29 is 27.8 Å². The minimum absolute atomic E-state index is 0.159. The quantitative estimate of drug-likeness (QED) is 0.717. The molecular weight excluding hydrogens is 277 g/mol. The molecule has 0 saturated carbocycles. The number of aliphatic hydroxyl groups excluding tert-OH is 1. The van der Waals surface area contributed by atoms with Crippen LogP contribution in [0.4, 0.5) is 4.39 Å². The zero-order valence-corrected chi connectivity index (χ0v) is 11.2. The van der Waals surface area contributed by atoms with Crippen molar-refractivity contribution in [2.75, 3.05) is 6.61 Å². The molecule has 8 heteroatoms. The van der Waals surface area contributed by atoms with Crippen molar-refractivity contribution in [3.05, 3.63) is 29.1 Å². The van der Waals surface area contributed by atoms with Gasteiger partial charge in [-0.3, -0.25) is 4.79 Å². The van der Waals surface area contributed by atoms with Gasteiger partial charge in [0.2, 0.25) is 10.0 Å². The van der Waals surface area contributed by atoms with E-state index in [9.17, 15) is 17.6 Å². The summed E-state index contributed by atoms with van der Waals surface area (Å²) in [6.45, 7) is 1.92. The number of aliphatic hydroxyl groups is 1. The maximum atomic E-state index is 13.1. The summed E-state index contributed by atoms with van der Waals surface area (Å²) in [4.78, 5) is 10.5. The molecule has 0 fully saturated rings. The molecule has 1 rings (SSSR count). The number of hydrogen-bond donors (Lipinski definition) is 3. The van der Waals surface area contributed by atoms with E-state index in [-0.39, 0.29) is 16.0 Å². The Balaban J connectivity index is 3.25. The maximum Gasteiger partial charge on any atom is 0.324 e. The van der Waals surface area contributed by atoms with Crippen molar-refractivity contribution in [3.63, 3.8) is 0 Å². The van der Waals surface area contributed by atoms with Gasteiger partial charge < -0.3 is 10.2 Å². The van der Waals surface area contributed by atoms with Crippen LogP contribution in [-0.2, 0) is 14.8 Å². The molecular formula is C11H14FNO5S. The van der Waals surface area contributed by atoms with Crippen molar-refractivity contribution in [1.82, 2.24) is 4.72 Å². The molecule has 0 aliphatic heterocycles. The first kappa shape index (κ1) is 15.5. The van der Waals surface area contributed by atoms with Crippen molar-refractivity contribution in [2.24, 2.45) is 0 Å². The highest BCUT2D eigenvalue weighted by atomic mass is 32.2. The normalized spacial score (nSPS) is 13.3. The number of carboxylic acids is 1. The molecule has 0 aliphatic rings. The number of aliphatic carboxylic acids is 1. The largest absolute Gasteiger partial charge is 0.480 e. The van der Waals surface area contributed by atoms with E-state index in [1.54, 1.807) is 0 Å². The fourth-order valence-corrected chi connectivity index (χ4v) is 3.37. The molecule has 6 nitrogen and oxygen atoms in total. The first-order valence-corrected chi connectivity index (χ1v) is 6.80. The molecule has 1 aromatic rings. The summed E-state index contributed by atoms with van der Waals surface area (Å²) in [5.41, 5.74) is 0.319. The summed E-state index contributed by atoms with van der Waals surface area (Å²) in [7, 11) is -4.15. The number of hydrogen-bond acceptors (Lipinski definition) is 4. The van der Waals surface area contributed by atoms with E-state index in [1.165, 1.54) is 13.8 Å². The van der Waals surface area contributed by atoms with Gasteiger partial charge in [0, 0.05) is 0 Å². The molecule has 0 aromatic heterocycles. The van der Waals surface area contributed by atoms with Gasteiger partial charge in [0.05, 0.1) is 11.5 Å². The second-order valence-electron chi connectivity index (χ2n) is 4.06. The highest BCUT2D eigenvalue weighted by molar-refractivity contribution is 7.89. The molecule has 0 bridgehead atoms. The number of aryl methyl sites for hydroxylation is 2. The monoisotopic (exact) mass is 291 g/mol. The lowest BCUT2D eigenvalue weighted by Crippen LogP contribution is -2.43. The Morgan fingerprint density at radius 3 is 2.21 bits per heavy atom. The van der Waals surface area contributed by atoms with Crippen LogP contribution in [-0.4, -0.2) is 37.2 Å². The van der Waals surface area contributed by atoms with Crippen molar-refractivity contribution in [2.45, 2.75) is 24.8 Å². The minimum atomic E-state index is -4.15. The van der Waals surface area contributed by atoms with E-state index in [1.807, 2.05) is 4.72 Å². The minimum Gasteiger partial charge on any atom is -0.480 e. The molecule has 1 atom stereocenters. The number of rotatable bonds is 5. The molecule has 3 N–H and O–H groups in total. The van der Waals surface area contributed by atoms with Gasteiger partial charge in [0.25, 0.3) is 0 Å². The lowest BCUT2D eigenvalue weighted by Gasteiger charge is -2.15. The average Bonchev–Trinajstić information content (AvgIpc) is 2.23. The van der Waals surface area contributed by atoms with Crippen LogP contribution in [0.15, 0.2) is 17.0 Å². The van der Waals surface area contributed by atoms with Crippen LogP contribution in [0.1, 0.15) is 11.1 Å². The van der Waals surface area contributed by atoms with E-state index in [2.05, 4.69) is 0 Å². The summed E-state index contributed by atoms with van der Waals surface area (Å²) in [5.74, 6) is -2.07. The fourth-order valence-electron chi connectivity index (χ4n) is 1.73. The third-order valence-electron chi connectivity index (χ3n) is 2.47. The SMILES string of the molecule is Cc1cc(F)cc(C)c1S(=O)(=O)NC(CO)C(=O)O. The van der Waals surface area contributed by atoms with Crippen LogP contribution in [0.3, 0.4) is 0 Å². The van der Waals surface area contributed by atoms with Gasteiger partial charge in [-0.1, -0.05) is 0 Å². The zero-order valence-electron chi connectivity index (χ0n) is 10.3. The van der Waals surface area contributed by atoms with Gasteiger partial charge in [-0.05, 0) is 37.1 Å². The van der Waals surface area contributed by atoms with Crippen molar-refractivity contribution in [3.8, 4) is 0 Å². The number of nitrogens with one attached hydrogen (secondary N) is 1. The van der Waals surface area contributed by atoms with Gasteiger partial charge >= 0.3 is 5.97 Å². The van der Waals surface area contributed by atoms with Crippen LogP contribution >= 0.6 is 0 Å². The molecule has 0 spiro atoms. The maximum absolute atomic E-state index is 13.1. The molecule has 106 valence electrons. The topological polar surface area (TPSA) is 104 Å². The summed E-state index contributed by atoms with van der Waals surface area (Å²) >= 11 is 0. The molecule has 0 aliphatic carbocycles. The van der Waals surface area contributed by atoms with Crippen LogP contribution in [0.5, 0.6) is 0 Å². The van der Waals surface area contributed by atoms with E-state index in [0.717, 1.165) is 12.1 Å². The Morgan fingerprint density at radius 2 is 1.84 bits per heavy atom. The molecule has 0 saturated heterocycles. The van der Waals surface area contributed by atoms with Gasteiger partial charge in [0.1, 0.15) is 11.9 Å². The molecule has 1 unspecified atom stereocenters. The number of carbonyl (C=O) groups is 1. The van der Waals surface area contributed by atoms with Crippen molar-refractivity contribution in [1.29, 1.82) is 0 Å². The molecule has 19 heavy (non-hydrogen) atoms. The molecule has 0 amide bonds. The van der Waals surface area contributed by atoms with Gasteiger partial charge in [-0.15, -0.1) is 0 Å². The number of carboxylic acid groups (broad SMARTS) is 1. The highest BCUT2D eigenvalue weighted by Gasteiger charge is 2.27. The van der Waals surface area contributed by atoms with E-state index in [4.69, 9.17) is 10.2 Å². The summed E-state index contributed by atoms with van der Waals surface area (Å²) in [5, 5.41) is 17.5. The third-order valence-corrected chi connectivity index (χ3v) is 4.25. The molecule has 0 heterocycles. The Kier molecular flexibility index (Phi) is 4.61. The van der Waals surface area contributed by atoms with Crippen LogP contribution in [0.2, 0.25) is 0 Å². The Morgan fingerprint density at radius 1 is 1.37 bits per heavy atom. The predicted octanol–water partition coefficient (Wildman–Crippen LogP) is 0.166. The standard InChI is InChI=1S/C11H14FNO5S/c1-6-3-8(12)4-7(2)10(6)19(17,18)13-9(5-14)11(15)16/h3-4,9,13-14H,5H2,1-2H3,(H,15,16). The van der Waals surface area contributed by atoms with Gasteiger partial charge in [0.15, 0.2) is 0 Å². The van der Waals surface area contributed by atoms with E-state index < -0.39 is 34.5 Å². The first-order chi connectivity index (χ1) is 8.69. The third kappa shape index (κ3) is 3.49.